The molecule has 0 saturated heterocycles. The van der Waals surface area contributed by atoms with E-state index < -0.39 is 4.92 Å². The molecule has 1 saturated carbocycles. The maximum atomic E-state index is 10.6. The van der Waals surface area contributed by atoms with Gasteiger partial charge < -0.3 is 4.74 Å². The highest BCUT2D eigenvalue weighted by molar-refractivity contribution is 5.45. The summed E-state index contributed by atoms with van der Waals surface area (Å²) in [7, 11) is 0. The summed E-state index contributed by atoms with van der Waals surface area (Å²) in [5.74, 6) is 0.529. The van der Waals surface area contributed by atoms with Gasteiger partial charge in [0.15, 0.2) is 0 Å². The lowest BCUT2D eigenvalue weighted by Crippen LogP contribution is -2.01. The zero-order valence-corrected chi connectivity index (χ0v) is 7.77. The van der Waals surface area contributed by atoms with Crippen molar-refractivity contribution in [2.24, 2.45) is 0 Å². The molecular weight excluding hydrogens is 184 g/mol. The third kappa shape index (κ3) is 1.66. The Balaban J connectivity index is 2.30. The smallest absolute Gasteiger partial charge is 0.294 e. The van der Waals surface area contributed by atoms with Crippen LogP contribution in [0.4, 0.5) is 5.69 Å². The van der Waals surface area contributed by atoms with Crippen LogP contribution < -0.4 is 4.74 Å². The highest BCUT2D eigenvalue weighted by Crippen LogP contribution is 2.31. The average molecular weight is 194 g/mol. The minimum absolute atomic E-state index is 0.0168. The lowest BCUT2D eigenvalue weighted by atomic mass is 10.2. The standard InChI is InChI=1S/C9H10N2O3/c1-6-8(11(12)13)4-10-5-9(6)14-7-2-3-7/h4-5,7H,2-3H2,1H3. The van der Waals surface area contributed by atoms with E-state index in [1.165, 1.54) is 12.4 Å². The zero-order valence-electron chi connectivity index (χ0n) is 7.77. The van der Waals surface area contributed by atoms with Crippen molar-refractivity contribution in [3.05, 3.63) is 28.1 Å². The molecular formula is C9H10N2O3. The second-order valence-corrected chi connectivity index (χ2v) is 3.36. The highest BCUT2D eigenvalue weighted by Gasteiger charge is 2.26. The van der Waals surface area contributed by atoms with Crippen LogP contribution in [-0.2, 0) is 0 Å². The van der Waals surface area contributed by atoms with Crippen LogP contribution in [0.5, 0.6) is 5.75 Å². The van der Waals surface area contributed by atoms with Gasteiger partial charge in [-0.15, -0.1) is 0 Å². The van der Waals surface area contributed by atoms with Gasteiger partial charge in [-0.05, 0) is 19.8 Å². The van der Waals surface area contributed by atoms with E-state index >= 15 is 0 Å². The van der Waals surface area contributed by atoms with Crippen LogP contribution in [0.25, 0.3) is 0 Å². The van der Waals surface area contributed by atoms with Crippen molar-refractivity contribution < 1.29 is 9.66 Å². The van der Waals surface area contributed by atoms with Gasteiger partial charge in [-0.2, -0.15) is 0 Å². The molecule has 5 nitrogen and oxygen atoms in total. The van der Waals surface area contributed by atoms with Crippen molar-refractivity contribution in [1.29, 1.82) is 0 Å². The summed E-state index contributed by atoms with van der Waals surface area (Å²) in [6, 6.07) is 0. The molecule has 0 aromatic carbocycles. The first-order valence-electron chi connectivity index (χ1n) is 4.44. The molecule has 0 atom stereocenters. The molecule has 1 fully saturated rings. The van der Waals surface area contributed by atoms with Crippen molar-refractivity contribution in [3.8, 4) is 5.75 Å². The first-order chi connectivity index (χ1) is 6.68. The number of hydrogen-bond donors (Lipinski definition) is 0. The topological polar surface area (TPSA) is 65.3 Å². The number of rotatable bonds is 3. The Morgan fingerprint density at radius 1 is 1.57 bits per heavy atom. The van der Waals surface area contributed by atoms with Gasteiger partial charge in [-0.25, -0.2) is 0 Å². The van der Waals surface area contributed by atoms with Crippen LogP contribution >= 0.6 is 0 Å². The second kappa shape index (κ2) is 3.25. The van der Waals surface area contributed by atoms with Crippen LogP contribution in [0.15, 0.2) is 12.4 Å². The van der Waals surface area contributed by atoms with E-state index in [2.05, 4.69) is 4.98 Å². The molecule has 1 aromatic rings. The Morgan fingerprint density at radius 3 is 2.86 bits per heavy atom. The number of pyridine rings is 1. The zero-order chi connectivity index (χ0) is 10.1. The largest absolute Gasteiger partial charge is 0.488 e. The third-order valence-corrected chi connectivity index (χ3v) is 2.16. The van der Waals surface area contributed by atoms with Crippen LogP contribution in [-0.4, -0.2) is 16.0 Å². The van der Waals surface area contributed by atoms with E-state index in [0.29, 0.717) is 11.3 Å². The molecule has 1 aromatic heterocycles. The summed E-state index contributed by atoms with van der Waals surface area (Å²) >= 11 is 0. The second-order valence-electron chi connectivity index (χ2n) is 3.36. The normalized spacial score (nSPS) is 15.2. The summed E-state index contributed by atoms with van der Waals surface area (Å²) in [5, 5.41) is 10.6. The van der Waals surface area contributed by atoms with Gasteiger partial charge in [0.05, 0.1) is 22.8 Å². The van der Waals surface area contributed by atoms with Gasteiger partial charge >= 0.3 is 0 Å². The maximum absolute atomic E-state index is 10.6. The summed E-state index contributed by atoms with van der Waals surface area (Å²) in [4.78, 5) is 13.9. The van der Waals surface area contributed by atoms with E-state index in [9.17, 15) is 10.1 Å². The van der Waals surface area contributed by atoms with Crippen LogP contribution in [0, 0.1) is 17.0 Å². The van der Waals surface area contributed by atoms with E-state index in [-0.39, 0.29) is 11.8 Å². The summed E-state index contributed by atoms with van der Waals surface area (Å²) in [5.41, 5.74) is 0.569. The molecule has 0 unspecified atom stereocenters. The fourth-order valence-electron chi connectivity index (χ4n) is 1.16. The minimum atomic E-state index is -0.442. The highest BCUT2D eigenvalue weighted by atomic mass is 16.6. The Bertz CT molecular complexity index is 374. The van der Waals surface area contributed by atoms with Gasteiger partial charge in [0.2, 0.25) is 0 Å². The predicted octanol–water partition coefficient (Wildman–Crippen LogP) is 1.84. The predicted molar refractivity (Wildman–Crippen MR) is 49.3 cm³/mol. The lowest BCUT2D eigenvalue weighted by Gasteiger charge is -2.06. The van der Waals surface area contributed by atoms with Crippen molar-refractivity contribution in [3.63, 3.8) is 0 Å². The Labute approximate surface area is 80.9 Å². The Hall–Kier alpha value is -1.65. The number of nitrogens with zero attached hydrogens (tertiary/aromatic N) is 2. The monoisotopic (exact) mass is 194 g/mol. The molecule has 1 aliphatic carbocycles. The van der Waals surface area contributed by atoms with E-state index in [4.69, 9.17) is 4.74 Å². The maximum Gasteiger partial charge on any atom is 0.294 e. The van der Waals surface area contributed by atoms with Gasteiger partial charge in [-0.1, -0.05) is 0 Å². The quantitative estimate of drug-likeness (QED) is 0.544. The number of nitro groups is 1. The summed E-state index contributed by atoms with van der Waals surface area (Å²) in [6.07, 6.45) is 5.07. The first-order valence-corrected chi connectivity index (χ1v) is 4.44. The van der Waals surface area contributed by atoms with Crippen molar-refractivity contribution >= 4 is 5.69 Å². The molecule has 0 spiro atoms. The number of ether oxygens (including phenoxy) is 1. The fraction of sp³-hybridized carbons (Fsp3) is 0.444. The average Bonchev–Trinajstić information content (AvgIpc) is 2.92. The molecule has 0 bridgehead atoms. The minimum Gasteiger partial charge on any atom is -0.488 e. The Morgan fingerprint density at radius 2 is 2.29 bits per heavy atom. The third-order valence-electron chi connectivity index (χ3n) is 2.16. The van der Waals surface area contributed by atoms with Gasteiger partial charge in [0.25, 0.3) is 5.69 Å². The fourth-order valence-corrected chi connectivity index (χ4v) is 1.16. The molecule has 0 aliphatic heterocycles. The van der Waals surface area contributed by atoms with Gasteiger partial charge in [0, 0.05) is 0 Å². The van der Waals surface area contributed by atoms with Crippen molar-refractivity contribution in [2.45, 2.75) is 25.9 Å². The Kier molecular flexibility index (Phi) is 2.07. The van der Waals surface area contributed by atoms with Crippen molar-refractivity contribution in [2.75, 3.05) is 0 Å². The van der Waals surface area contributed by atoms with Gasteiger partial charge in [-0.3, -0.25) is 15.1 Å². The molecule has 0 N–H and O–H groups in total. The number of aromatic nitrogens is 1. The van der Waals surface area contributed by atoms with Crippen LogP contribution in [0.1, 0.15) is 18.4 Å². The summed E-state index contributed by atoms with van der Waals surface area (Å²) < 4.78 is 5.48. The molecule has 0 amide bonds. The molecule has 0 radical (unpaired) electrons. The molecule has 1 aliphatic rings. The van der Waals surface area contributed by atoms with Crippen molar-refractivity contribution in [1.82, 2.24) is 4.98 Å². The molecule has 1 heterocycles. The SMILES string of the molecule is Cc1c(OC2CC2)cncc1[N+](=O)[O-]. The number of hydrogen-bond acceptors (Lipinski definition) is 4. The summed E-state index contributed by atoms with van der Waals surface area (Å²) in [6.45, 7) is 1.68. The molecule has 14 heavy (non-hydrogen) atoms. The molecule has 2 rings (SSSR count). The van der Waals surface area contributed by atoms with Crippen LogP contribution in [0.2, 0.25) is 0 Å². The molecule has 5 heteroatoms. The van der Waals surface area contributed by atoms with E-state index in [1.807, 2.05) is 0 Å². The lowest BCUT2D eigenvalue weighted by molar-refractivity contribution is -0.385. The van der Waals surface area contributed by atoms with E-state index in [1.54, 1.807) is 6.92 Å². The molecule has 74 valence electrons. The van der Waals surface area contributed by atoms with E-state index in [0.717, 1.165) is 12.8 Å². The first kappa shape index (κ1) is 8.93. The van der Waals surface area contributed by atoms with Crippen LogP contribution in [0.3, 0.4) is 0 Å². The van der Waals surface area contributed by atoms with Gasteiger partial charge in [0.1, 0.15) is 11.9 Å².